The summed E-state index contributed by atoms with van der Waals surface area (Å²) in [6, 6.07) is 4.11. The Labute approximate surface area is 190 Å². The van der Waals surface area contributed by atoms with Crippen molar-refractivity contribution in [2.75, 3.05) is 19.6 Å². The van der Waals surface area contributed by atoms with Crippen LogP contribution in [-0.2, 0) is 13.1 Å². The number of halogens is 2. The van der Waals surface area contributed by atoms with Crippen molar-refractivity contribution < 1.29 is 13.9 Å². The zero-order valence-electron chi connectivity index (χ0n) is 18.4. The standard InChI is InChI=1S/C23H25ClFN5O2/c1-4-7-28-9-16(10-28)32-20-8-15(25)5-6-17(20)23(31)29-11-18-19(12-29)27-30-14(3)21(24)13(2)26-22(18)30/h5-6,8,16H,4,7,9-12H2,1-3H3. The molecule has 7 nitrogen and oxygen atoms in total. The largest absolute Gasteiger partial charge is 0.487 e. The van der Waals surface area contributed by atoms with E-state index >= 15 is 0 Å². The van der Waals surface area contributed by atoms with Crippen LogP contribution in [0.5, 0.6) is 5.75 Å². The molecule has 3 aromatic rings. The number of rotatable bonds is 5. The Morgan fingerprint density at radius 1 is 1.28 bits per heavy atom. The summed E-state index contributed by atoms with van der Waals surface area (Å²) in [5.74, 6) is -0.328. The Morgan fingerprint density at radius 3 is 2.81 bits per heavy atom. The molecule has 0 N–H and O–H groups in total. The summed E-state index contributed by atoms with van der Waals surface area (Å²) in [4.78, 5) is 21.9. The van der Waals surface area contributed by atoms with Gasteiger partial charge in [-0.1, -0.05) is 18.5 Å². The Morgan fingerprint density at radius 2 is 2.06 bits per heavy atom. The lowest BCUT2D eigenvalue weighted by atomic mass is 10.1. The minimum Gasteiger partial charge on any atom is -0.487 e. The number of benzene rings is 1. The molecule has 0 unspecified atom stereocenters. The van der Waals surface area contributed by atoms with E-state index in [1.807, 2.05) is 13.8 Å². The van der Waals surface area contributed by atoms with Crippen LogP contribution in [0.25, 0.3) is 5.65 Å². The zero-order valence-corrected chi connectivity index (χ0v) is 19.1. The average molecular weight is 458 g/mol. The second kappa shape index (κ2) is 8.01. The molecule has 5 rings (SSSR count). The predicted octanol–water partition coefficient (Wildman–Crippen LogP) is 3.77. The smallest absolute Gasteiger partial charge is 0.258 e. The third-order valence-corrected chi connectivity index (χ3v) is 6.72. The van der Waals surface area contributed by atoms with Crippen LogP contribution in [0.4, 0.5) is 4.39 Å². The highest BCUT2D eigenvalue weighted by Gasteiger charge is 2.33. The minimum absolute atomic E-state index is 0.0326. The van der Waals surface area contributed by atoms with Gasteiger partial charge in [0.05, 0.1) is 40.8 Å². The second-order valence-electron chi connectivity index (χ2n) is 8.56. The third-order valence-electron chi connectivity index (χ3n) is 6.17. The van der Waals surface area contributed by atoms with Gasteiger partial charge in [-0.3, -0.25) is 9.69 Å². The van der Waals surface area contributed by atoms with Crippen molar-refractivity contribution in [3.8, 4) is 5.75 Å². The van der Waals surface area contributed by atoms with Gasteiger partial charge < -0.3 is 9.64 Å². The number of carbonyl (C=O) groups is 1. The monoisotopic (exact) mass is 457 g/mol. The number of carbonyl (C=O) groups excluding carboxylic acids is 1. The van der Waals surface area contributed by atoms with Gasteiger partial charge in [0.1, 0.15) is 17.7 Å². The summed E-state index contributed by atoms with van der Waals surface area (Å²) in [6.45, 7) is 9.23. The number of aromatic nitrogens is 3. The van der Waals surface area contributed by atoms with E-state index in [-0.39, 0.29) is 12.0 Å². The molecular formula is C23H25ClFN5O2. The molecule has 2 aromatic heterocycles. The fourth-order valence-electron chi connectivity index (χ4n) is 4.47. The highest BCUT2D eigenvalue weighted by molar-refractivity contribution is 6.31. The summed E-state index contributed by atoms with van der Waals surface area (Å²) in [5, 5.41) is 5.22. The van der Waals surface area contributed by atoms with Crippen molar-refractivity contribution in [1.82, 2.24) is 24.4 Å². The van der Waals surface area contributed by atoms with E-state index in [4.69, 9.17) is 16.3 Å². The van der Waals surface area contributed by atoms with Crippen LogP contribution in [0.1, 0.15) is 46.3 Å². The van der Waals surface area contributed by atoms with Crippen LogP contribution in [0.2, 0.25) is 5.02 Å². The fraction of sp³-hybridized carbons (Fsp3) is 0.435. The van der Waals surface area contributed by atoms with E-state index in [1.54, 1.807) is 9.42 Å². The molecule has 168 valence electrons. The van der Waals surface area contributed by atoms with Crippen molar-refractivity contribution in [3.63, 3.8) is 0 Å². The molecule has 2 aliphatic rings. The van der Waals surface area contributed by atoms with Crippen molar-refractivity contribution in [1.29, 1.82) is 0 Å². The SMILES string of the molecule is CCCN1CC(Oc2cc(F)ccc2C(=O)N2Cc3nn4c(C)c(Cl)c(C)nc4c3C2)C1. The maximum absolute atomic E-state index is 14.0. The maximum Gasteiger partial charge on any atom is 0.258 e. The summed E-state index contributed by atoms with van der Waals surface area (Å²) in [6.07, 6.45) is 1.05. The Hall–Kier alpha value is -2.71. The van der Waals surface area contributed by atoms with Gasteiger partial charge in [0.2, 0.25) is 0 Å². The number of fused-ring (bicyclic) bond motifs is 3. The number of nitrogens with zero attached hydrogens (tertiary/aromatic N) is 5. The minimum atomic E-state index is -0.421. The number of likely N-dealkylation sites (tertiary alicyclic amines) is 1. The average Bonchev–Trinajstić information content (AvgIpc) is 3.29. The van der Waals surface area contributed by atoms with E-state index in [0.717, 1.165) is 54.3 Å². The topological polar surface area (TPSA) is 63.0 Å². The third kappa shape index (κ3) is 3.51. The quantitative estimate of drug-likeness (QED) is 0.583. The maximum atomic E-state index is 14.0. The van der Waals surface area contributed by atoms with E-state index < -0.39 is 5.82 Å². The van der Waals surface area contributed by atoms with E-state index in [1.165, 1.54) is 18.2 Å². The first kappa shape index (κ1) is 21.2. The molecule has 0 saturated carbocycles. The van der Waals surface area contributed by atoms with Gasteiger partial charge >= 0.3 is 0 Å². The molecule has 0 atom stereocenters. The molecule has 1 saturated heterocycles. The van der Waals surface area contributed by atoms with Crippen LogP contribution >= 0.6 is 11.6 Å². The Kier molecular flexibility index (Phi) is 5.29. The predicted molar refractivity (Wildman–Crippen MR) is 119 cm³/mol. The normalized spacial score (nSPS) is 16.5. The van der Waals surface area contributed by atoms with Crippen LogP contribution in [0.15, 0.2) is 18.2 Å². The van der Waals surface area contributed by atoms with E-state index in [9.17, 15) is 9.18 Å². The van der Waals surface area contributed by atoms with Crippen molar-refractivity contribution in [3.05, 3.63) is 57.2 Å². The Balaban J connectivity index is 1.38. The molecule has 0 bridgehead atoms. The first-order chi connectivity index (χ1) is 15.4. The Bertz CT molecular complexity index is 1220. The van der Waals surface area contributed by atoms with E-state index in [2.05, 4.69) is 21.9 Å². The fourth-order valence-corrected chi connectivity index (χ4v) is 4.60. The van der Waals surface area contributed by atoms with Gasteiger partial charge in [0.15, 0.2) is 5.65 Å². The van der Waals surface area contributed by atoms with Gasteiger partial charge in [-0.05, 0) is 38.9 Å². The first-order valence-electron chi connectivity index (χ1n) is 10.9. The van der Waals surface area contributed by atoms with Crippen LogP contribution in [0, 0.1) is 19.7 Å². The molecule has 1 fully saturated rings. The molecular weight excluding hydrogens is 433 g/mol. The summed E-state index contributed by atoms with van der Waals surface area (Å²) in [5.41, 5.74) is 4.36. The van der Waals surface area contributed by atoms with Gasteiger partial charge in [-0.2, -0.15) is 5.10 Å². The van der Waals surface area contributed by atoms with Crippen molar-refractivity contribution >= 4 is 23.2 Å². The van der Waals surface area contributed by atoms with Gasteiger partial charge in [-0.15, -0.1) is 0 Å². The molecule has 9 heteroatoms. The van der Waals surface area contributed by atoms with Crippen LogP contribution in [-0.4, -0.2) is 56.0 Å². The zero-order chi connectivity index (χ0) is 22.6. The number of hydrogen-bond acceptors (Lipinski definition) is 5. The van der Waals surface area contributed by atoms with Crippen LogP contribution in [0.3, 0.4) is 0 Å². The summed E-state index contributed by atoms with van der Waals surface area (Å²) < 4.78 is 21.7. The second-order valence-corrected chi connectivity index (χ2v) is 8.94. The number of amides is 1. The van der Waals surface area contributed by atoms with Crippen molar-refractivity contribution in [2.45, 2.75) is 46.4 Å². The molecule has 4 heterocycles. The molecule has 0 radical (unpaired) electrons. The highest BCUT2D eigenvalue weighted by atomic mass is 35.5. The molecule has 2 aliphatic heterocycles. The molecule has 0 spiro atoms. The lowest BCUT2D eigenvalue weighted by Crippen LogP contribution is -2.53. The molecule has 0 aliphatic carbocycles. The van der Waals surface area contributed by atoms with E-state index in [0.29, 0.717) is 29.4 Å². The molecule has 32 heavy (non-hydrogen) atoms. The summed E-state index contributed by atoms with van der Waals surface area (Å²) in [7, 11) is 0. The molecule has 1 amide bonds. The number of aryl methyl sites for hydroxylation is 2. The van der Waals surface area contributed by atoms with Crippen LogP contribution < -0.4 is 4.74 Å². The lowest BCUT2D eigenvalue weighted by molar-refractivity contribution is 0.0191. The molecule has 1 aromatic carbocycles. The summed E-state index contributed by atoms with van der Waals surface area (Å²) >= 11 is 6.32. The van der Waals surface area contributed by atoms with Crippen molar-refractivity contribution in [2.24, 2.45) is 0 Å². The lowest BCUT2D eigenvalue weighted by Gasteiger charge is -2.39. The van der Waals surface area contributed by atoms with Gasteiger partial charge in [-0.25, -0.2) is 13.9 Å². The highest BCUT2D eigenvalue weighted by Crippen LogP contribution is 2.32. The van der Waals surface area contributed by atoms with Gasteiger partial charge in [0.25, 0.3) is 5.91 Å². The first-order valence-corrected chi connectivity index (χ1v) is 11.2. The number of hydrogen-bond donors (Lipinski definition) is 0. The van der Waals surface area contributed by atoms with Gasteiger partial charge in [0, 0.05) is 24.7 Å². The number of ether oxygens (including phenoxy) is 1.